The van der Waals surface area contributed by atoms with Crippen LogP contribution in [-0.2, 0) is 5.41 Å². The van der Waals surface area contributed by atoms with E-state index < -0.39 is 6.61 Å². The molecule has 0 saturated heterocycles. The van der Waals surface area contributed by atoms with Crippen LogP contribution in [0, 0.1) is 0 Å². The van der Waals surface area contributed by atoms with Crippen molar-refractivity contribution in [3.05, 3.63) is 30.0 Å². The van der Waals surface area contributed by atoms with Crippen molar-refractivity contribution in [2.75, 3.05) is 5.73 Å². The molecule has 0 spiro atoms. The molecule has 19 heavy (non-hydrogen) atoms. The van der Waals surface area contributed by atoms with Gasteiger partial charge in [0.15, 0.2) is 0 Å². The van der Waals surface area contributed by atoms with E-state index in [1.54, 1.807) is 12.1 Å². The van der Waals surface area contributed by atoms with Gasteiger partial charge in [0.25, 0.3) is 0 Å². The third kappa shape index (κ3) is 2.92. The van der Waals surface area contributed by atoms with Crippen molar-refractivity contribution in [3.63, 3.8) is 0 Å². The van der Waals surface area contributed by atoms with Crippen LogP contribution < -0.4 is 10.5 Å². The maximum atomic E-state index is 12.2. The lowest BCUT2D eigenvalue weighted by Gasteiger charge is -2.19. The summed E-state index contributed by atoms with van der Waals surface area (Å²) < 4.78 is 28.7. The Bertz CT molecular complexity index is 606. The first kappa shape index (κ1) is 13.5. The molecule has 1 aromatic carbocycles. The van der Waals surface area contributed by atoms with E-state index in [2.05, 4.69) is 9.72 Å². The molecule has 5 heteroatoms. The van der Waals surface area contributed by atoms with Gasteiger partial charge >= 0.3 is 6.61 Å². The molecule has 0 fully saturated rings. The largest absolute Gasteiger partial charge is 0.435 e. The van der Waals surface area contributed by atoms with Gasteiger partial charge in [0.2, 0.25) is 0 Å². The molecule has 0 aliphatic rings. The average molecular weight is 266 g/mol. The van der Waals surface area contributed by atoms with Gasteiger partial charge in [-0.1, -0.05) is 20.8 Å². The number of benzene rings is 1. The molecule has 3 nitrogen and oxygen atoms in total. The smallest absolute Gasteiger partial charge is 0.387 e. The molecule has 0 atom stereocenters. The van der Waals surface area contributed by atoms with Crippen molar-refractivity contribution in [2.45, 2.75) is 32.8 Å². The summed E-state index contributed by atoms with van der Waals surface area (Å²) in [7, 11) is 0. The number of halogens is 2. The number of pyridine rings is 1. The minimum absolute atomic E-state index is 0.0829. The number of hydrogen-bond acceptors (Lipinski definition) is 3. The second kappa shape index (κ2) is 4.64. The van der Waals surface area contributed by atoms with E-state index in [-0.39, 0.29) is 11.2 Å². The number of nitrogens with two attached hydrogens (primary N) is 1. The third-order valence-electron chi connectivity index (χ3n) is 2.81. The van der Waals surface area contributed by atoms with E-state index in [1.165, 1.54) is 12.1 Å². The van der Waals surface area contributed by atoms with Crippen LogP contribution in [0.3, 0.4) is 0 Å². The van der Waals surface area contributed by atoms with Crippen LogP contribution in [0.25, 0.3) is 10.9 Å². The van der Waals surface area contributed by atoms with Gasteiger partial charge in [0, 0.05) is 22.2 Å². The number of aromatic nitrogens is 1. The Morgan fingerprint density at radius 3 is 2.47 bits per heavy atom. The molecular formula is C14H16F2N2O. The molecule has 0 amide bonds. The molecule has 0 radical (unpaired) electrons. The van der Waals surface area contributed by atoms with Gasteiger partial charge in [0.05, 0.1) is 5.52 Å². The van der Waals surface area contributed by atoms with Crippen LogP contribution in [0.2, 0.25) is 0 Å². The standard InChI is InChI=1S/C14H16F2N2O/c1-14(2,3)12-7-10(17)9-6-8(19-13(15)16)4-5-11(9)18-12/h4-7,13H,1-3H3,(H2,17,18). The summed E-state index contributed by atoms with van der Waals surface area (Å²) in [5.41, 5.74) is 7.89. The van der Waals surface area contributed by atoms with Gasteiger partial charge in [-0.15, -0.1) is 0 Å². The summed E-state index contributed by atoms with van der Waals surface area (Å²) in [6, 6.07) is 6.36. The highest BCUT2D eigenvalue weighted by atomic mass is 19.3. The summed E-state index contributed by atoms with van der Waals surface area (Å²) in [6.07, 6.45) is 0. The lowest BCUT2D eigenvalue weighted by Crippen LogP contribution is -2.14. The van der Waals surface area contributed by atoms with Crippen LogP contribution in [-0.4, -0.2) is 11.6 Å². The molecule has 1 aromatic heterocycles. The Hall–Kier alpha value is -1.91. The first-order chi connectivity index (χ1) is 8.77. The number of anilines is 1. The van der Waals surface area contributed by atoms with Gasteiger partial charge in [-0.05, 0) is 24.3 Å². The highest BCUT2D eigenvalue weighted by Crippen LogP contribution is 2.30. The zero-order valence-electron chi connectivity index (χ0n) is 11.1. The SMILES string of the molecule is CC(C)(C)c1cc(N)c2cc(OC(F)F)ccc2n1. The number of rotatable bonds is 2. The molecule has 0 bridgehead atoms. The van der Waals surface area contributed by atoms with E-state index in [0.29, 0.717) is 16.6 Å². The molecule has 1 heterocycles. The summed E-state index contributed by atoms with van der Waals surface area (Å²) in [6.45, 7) is 3.26. The zero-order valence-corrected chi connectivity index (χ0v) is 11.1. The number of hydrogen-bond donors (Lipinski definition) is 1. The number of alkyl halides is 2. The van der Waals surface area contributed by atoms with Gasteiger partial charge in [-0.2, -0.15) is 8.78 Å². The van der Waals surface area contributed by atoms with Crippen LogP contribution in [0.1, 0.15) is 26.5 Å². The summed E-state index contributed by atoms with van der Waals surface area (Å²) in [5, 5.41) is 0.617. The number of fused-ring (bicyclic) bond motifs is 1. The molecule has 0 aliphatic heterocycles. The Kier molecular flexibility index (Phi) is 3.30. The van der Waals surface area contributed by atoms with E-state index >= 15 is 0 Å². The predicted octanol–water partition coefficient (Wildman–Crippen LogP) is 3.72. The van der Waals surface area contributed by atoms with Crippen molar-refractivity contribution in [1.82, 2.24) is 4.98 Å². The molecule has 0 saturated carbocycles. The number of nitrogen functional groups attached to an aromatic ring is 1. The van der Waals surface area contributed by atoms with Crippen molar-refractivity contribution < 1.29 is 13.5 Å². The quantitative estimate of drug-likeness (QED) is 0.901. The molecule has 0 unspecified atom stereocenters. The minimum atomic E-state index is -2.85. The van der Waals surface area contributed by atoms with E-state index in [0.717, 1.165) is 5.69 Å². The normalized spacial score (nSPS) is 12.1. The lowest BCUT2D eigenvalue weighted by molar-refractivity contribution is -0.0497. The molecule has 102 valence electrons. The average Bonchev–Trinajstić information content (AvgIpc) is 2.27. The Morgan fingerprint density at radius 1 is 1.21 bits per heavy atom. The van der Waals surface area contributed by atoms with E-state index in [9.17, 15) is 8.78 Å². The van der Waals surface area contributed by atoms with Crippen molar-refractivity contribution in [1.29, 1.82) is 0 Å². The number of ether oxygens (including phenoxy) is 1. The van der Waals surface area contributed by atoms with Gasteiger partial charge in [0.1, 0.15) is 5.75 Å². The van der Waals surface area contributed by atoms with Crippen LogP contribution in [0.5, 0.6) is 5.75 Å². The molecule has 2 N–H and O–H groups in total. The second-order valence-corrected chi connectivity index (χ2v) is 5.40. The fourth-order valence-electron chi connectivity index (χ4n) is 1.79. The molecular weight excluding hydrogens is 250 g/mol. The zero-order chi connectivity index (χ0) is 14.2. The Balaban J connectivity index is 2.54. The van der Waals surface area contributed by atoms with Crippen LogP contribution >= 0.6 is 0 Å². The fraction of sp³-hybridized carbons (Fsp3) is 0.357. The third-order valence-corrected chi connectivity index (χ3v) is 2.81. The van der Waals surface area contributed by atoms with Crippen LogP contribution in [0.4, 0.5) is 14.5 Å². The summed E-state index contributed by atoms with van der Waals surface area (Å²) in [4.78, 5) is 4.50. The molecule has 2 aromatic rings. The van der Waals surface area contributed by atoms with E-state index in [4.69, 9.17) is 5.73 Å². The van der Waals surface area contributed by atoms with Crippen molar-refractivity contribution >= 4 is 16.6 Å². The first-order valence-electron chi connectivity index (χ1n) is 5.93. The van der Waals surface area contributed by atoms with Crippen LogP contribution in [0.15, 0.2) is 24.3 Å². The van der Waals surface area contributed by atoms with Crippen molar-refractivity contribution in [3.8, 4) is 5.75 Å². The maximum Gasteiger partial charge on any atom is 0.387 e. The summed E-state index contributed by atoms with van der Waals surface area (Å²) >= 11 is 0. The van der Waals surface area contributed by atoms with Gasteiger partial charge in [-0.25, -0.2) is 0 Å². The highest BCUT2D eigenvalue weighted by molar-refractivity contribution is 5.91. The highest BCUT2D eigenvalue weighted by Gasteiger charge is 2.17. The second-order valence-electron chi connectivity index (χ2n) is 5.40. The Morgan fingerprint density at radius 2 is 1.89 bits per heavy atom. The van der Waals surface area contributed by atoms with E-state index in [1.807, 2.05) is 20.8 Å². The maximum absolute atomic E-state index is 12.2. The van der Waals surface area contributed by atoms with Crippen molar-refractivity contribution in [2.24, 2.45) is 0 Å². The first-order valence-corrected chi connectivity index (χ1v) is 5.93. The van der Waals surface area contributed by atoms with Gasteiger partial charge < -0.3 is 10.5 Å². The summed E-state index contributed by atoms with van der Waals surface area (Å²) in [5.74, 6) is 0.0829. The lowest BCUT2D eigenvalue weighted by atomic mass is 9.91. The number of nitrogens with zero attached hydrogens (tertiary/aromatic N) is 1. The molecule has 0 aliphatic carbocycles. The topological polar surface area (TPSA) is 48.1 Å². The fourth-order valence-corrected chi connectivity index (χ4v) is 1.79. The minimum Gasteiger partial charge on any atom is -0.435 e. The molecule has 2 rings (SSSR count). The monoisotopic (exact) mass is 266 g/mol. The Labute approximate surface area is 110 Å². The predicted molar refractivity (Wildman–Crippen MR) is 71.5 cm³/mol. The van der Waals surface area contributed by atoms with Gasteiger partial charge in [-0.3, -0.25) is 4.98 Å².